The Labute approximate surface area is 168 Å². The zero-order valence-corrected chi connectivity index (χ0v) is 16.3. The van der Waals surface area contributed by atoms with E-state index in [4.69, 9.17) is 22.4 Å². The number of hydrogen-bond acceptors (Lipinski definition) is 5. The summed E-state index contributed by atoms with van der Waals surface area (Å²) in [6, 6.07) is 12.9. The molecule has 8 heteroatoms. The SMILES string of the molecule is Cc1c(C(=O)Nc2ccc(CCCO)cc2)nnn1Cc1ccc(N)c(Cl)c1. The highest BCUT2D eigenvalue weighted by Crippen LogP contribution is 2.21. The van der Waals surface area contributed by atoms with E-state index in [-0.39, 0.29) is 18.2 Å². The van der Waals surface area contributed by atoms with Crippen molar-refractivity contribution in [1.29, 1.82) is 0 Å². The minimum atomic E-state index is -0.317. The van der Waals surface area contributed by atoms with Gasteiger partial charge in [-0.2, -0.15) is 0 Å². The van der Waals surface area contributed by atoms with Crippen LogP contribution < -0.4 is 11.1 Å². The highest BCUT2D eigenvalue weighted by molar-refractivity contribution is 6.33. The number of hydrogen-bond donors (Lipinski definition) is 3. The minimum absolute atomic E-state index is 0.163. The first-order valence-corrected chi connectivity index (χ1v) is 9.31. The Balaban J connectivity index is 1.68. The maximum Gasteiger partial charge on any atom is 0.278 e. The van der Waals surface area contributed by atoms with Gasteiger partial charge in [0.1, 0.15) is 0 Å². The molecule has 0 radical (unpaired) electrons. The lowest BCUT2D eigenvalue weighted by Gasteiger charge is -2.07. The van der Waals surface area contributed by atoms with Crippen LogP contribution in [0.15, 0.2) is 42.5 Å². The predicted octanol–water partition coefficient (Wildman–Crippen LogP) is 3.05. The van der Waals surface area contributed by atoms with Crippen molar-refractivity contribution in [1.82, 2.24) is 15.0 Å². The molecular formula is C20H22ClN5O2. The summed E-state index contributed by atoms with van der Waals surface area (Å²) in [5, 5.41) is 20.3. The molecule has 0 bridgehead atoms. The Kier molecular flexibility index (Phi) is 6.28. The van der Waals surface area contributed by atoms with Crippen LogP contribution in [0.3, 0.4) is 0 Å². The Morgan fingerprint density at radius 1 is 1.21 bits per heavy atom. The number of aryl methyl sites for hydroxylation is 1. The third-order valence-corrected chi connectivity index (χ3v) is 4.76. The smallest absolute Gasteiger partial charge is 0.278 e. The van der Waals surface area contributed by atoms with Gasteiger partial charge >= 0.3 is 0 Å². The van der Waals surface area contributed by atoms with E-state index in [1.807, 2.05) is 30.3 Å². The van der Waals surface area contributed by atoms with Crippen molar-refractivity contribution in [2.45, 2.75) is 26.3 Å². The number of carbonyl (C=O) groups is 1. The first-order chi connectivity index (χ1) is 13.5. The molecule has 2 aromatic carbocycles. The van der Waals surface area contributed by atoms with E-state index >= 15 is 0 Å². The number of benzene rings is 2. The molecule has 0 atom stereocenters. The molecule has 3 aromatic rings. The van der Waals surface area contributed by atoms with E-state index in [0.717, 1.165) is 17.5 Å². The number of aliphatic hydroxyl groups is 1. The van der Waals surface area contributed by atoms with Gasteiger partial charge in [0.2, 0.25) is 0 Å². The quantitative estimate of drug-likeness (QED) is 0.529. The number of nitrogens with two attached hydrogens (primary N) is 1. The minimum Gasteiger partial charge on any atom is -0.398 e. The Morgan fingerprint density at radius 2 is 1.93 bits per heavy atom. The highest BCUT2D eigenvalue weighted by atomic mass is 35.5. The summed E-state index contributed by atoms with van der Waals surface area (Å²) in [7, 11) is 0. The van der Waals surface area contributed by atoms with E-state index < -0.39 is 0 Å². The predicted molar refractivity (Wildman–Crippen MR) is 110 cm³/mol. The monoisotopic (exact) mass is 399 g/mol. The van der Waals surface area contributed by atoms with Gasteiger partial charge < -0.3 is 16.2 Å². The van der Waals surface area contributed by atoms with Crippen molar-refractivity contribution >= 4 is 28.9 Å². The average Bonchev–Trinajstić information content (AvgIpc) is 3.04. The first-order valence-electron chi connectivity index (χ1n) is 8.93. The number of amides is 1. The maximum atomic E-state index is 12.6. The number of carbonyl (C=O) groups excluding carboxylic acids is 1. The van der Waals surface area contributed by atoms with Gasteiger partial charge in [-0.25, -0.2) is 4.68 Å². The molecule has 1 heterocycles. The molecule has 3 rings (SSSR count). The Hall–Kier alpha value is -2.90. The van der Waals surface area contributed by atoms with Crippen LogP contribution in [-0.2, 0) is 13.0 Å². The fourth-order valence-electron chi connectivity index (χ4n) is 2.79. The summed E-state index contributed by atoms with van der Waals surface area (Å²) < 4.78 is 1.65. The molecule has 4 N–H and O–H groups in total. The van der Waals surface area contributed by atoms with E-state index in [0.29, 0.717) is 35.1 Å². The van der Waals surface area contributed by atoms with Crippen LogP contribution in [0, 0.1) is 6.92 Å². The van der Waals surface area contributed by atoms with Crippen molar-refractivity contribution in [3.05, 3.63) is 70.0 Å². The summed E-state index contributed by atoms with van der Waals surface area (Å²) in [5.74, 6) is -0.317. The van der Waals surface area contributed by atoms with E-state index in [1.165, 1.54) is 0 Å². The number of nitrogens with one attached hydrogen (secondary N) is 1. The standard InChI is InChI=1S/C20H22ClN5O2/c1-13-19(20(28)23-16-7-4-14(5-8-16)3-2-10-27)24-25-26(13)12-15-6-9-18(22)17(21)11-15/h4-9,11,27H,2-3,10,12,22H2,1H3,(H,23,28). The van der Waals surface area contributed by atoms with E-state index in [2.05, 4.69) is 15.6 Å². The van der Waals surface area contributed by atoms with Crippen molar-refractivity contribution < 1.29 is 9.90 Å². The fourth-order valence-corrected chi connectivity index (χ4v) is 2.99. The third kappa shape index (κ3) is 4.68. The average molecular weight is 400 g/mol. The third-order valence-electron chi connectivity index (χ3n) is 4.43. The van der Waals surface area contributed by atoms with Crippen LogP contribution >= 0.6 is 11.6 Å². The molecular weight excluding hydrogens is 378 g/mol. The van der Waals surface area contributed by atoms with Gasteiger partial charge in [-0.05, 0) is 55.2 Å². The highest BCUT2D eigenvalue weighted by Gasteiger charge is 2.17. The molecule has 0 fully saturated rings. The molecule has 0 aliphatic rings. The molecule has 0 spiro atoms. The maximum absolute atomic E-state index is 12.6. The van der Waals surface area contributed by atoms with Crippen molar-refractivity contribution in [2.75, 3.05) is 17.7 Å². The number of rotatable bonds is 7. The number of aromatic nitrogens is 3. The number of aliphatic hydroxyl groups excluding tert-OH is 1. The lowest BCUT2D eigenvalue weighted by atomic mass is 10.1. The summed E-state index contributed by atoms with van der Waals surface area (Å²) in [6.07, 6.45) is 1.51. The second kappa shape index (κ2) is 8.86. The van der Waals surface area contributed by atoms with Gasteiger partial charge in [-0.15, -0.1) is 5.10 Å². The van der Waals surface area contributed by atoms with Gasteiger partial charge in [-0.3, -0.25) is 4.79 Å². The van der Waals surface area contributed by atoms with Gasteiger partial charge in [0, 0.05) is 12.3 Å². The summed E-state index contributed by atoms with van der Waals surface area (Å²) in [5.41, 5.74) is 9.88. The van der Waals surface area contributed by atoms with Gasteiger partial charge in [0.15, 0.2) is 5.69 Å². The van der Waals surface area contributed by atoms with Gasteiger partial charge in [0.05, 0.1) is 22.9 Å². The lowest BCUT2D eigenvalue weighted by molar-refractivity contribution is 0.102. The number of nitrogen functional groups attached to an aromatic ring is 1. The van der Waals surface area contributed by atoms with Crippen LogP contribution in [0.1, 0.15) is 33.7 Å². The fraction of sp³-hybridized carbons (Fsp3) is 0.250. The summed E-state index contributed by atoms with van der Waals surface area (Å²) in [4.78, 5) is 12.6. The lowest BCUT2D eigenvalue weighted by Crippen LogP contribution is -2.14. The number of halogens is 1. The molecule has 0 saturated heterocycles. The molecule has 28 heavy (non-hydrogen) atoms. The molecule has 0 saturated carbocycles. The Morgan fingerprint density at radius 3 is 2.61 bits per heavy atom. The second-order valence-corrected chi connectivity index (χ2v) is 6.92. The molecule has 146 valence electrons. The normalized spacial score (nSPS) is 10.8. The first kappa shape index (κ1) is 19.9. The van der Waals surface area contributed by atoms with Crippen molar-refractivity contribution in [3.8, 4) is 0 Å². The molecule has 0 aliphatic heterocycles. The van der Waals surface area contributed by atoms with Gasteiger partial charge in [0.25, 0.3) is 5.91 Å². The van der Waals surface area contributed by atoms with Crippen LogP contribution in [0.2, 0.25) is 5.02 Å². The molecule has 1 aromatic heterocycles. The van der Waals surface area contributed by atoms with Crippen molar-refractivity contribution in [3.63, 3.8) is 0 Å². The van der Waals surface area contributed by atoms with E-state index in [1.54, 1.807) is 23.7 Å². The molecule has 0 aliphatic carbocycles. The topological polar surface area (TPSA) is 106 Å². The van der Waals surface area contributed by atoms with Crippen LogP contribution in [0.5, 0.6) is 0 Å². The Bertz CT molecular complexity index is 969. The van der Waals surface area contributed by atoms with Crippen molar-refractivity contribution in [2.24, 2.45) is 0 Å². The zero-order chi connectivity index (χ0) is 20.1. The second-order valence-electron chi connectivity index (χ2n) is 6.52. The molecule has 0 unspecified atom stereocenters. The van der Waals surface area contributed by atoms with Crippen LogP contribution in [0.25, 0.3) is 0 Å². The molecule has 1 amide bonds. The summed E-state index contributed by atoms with van der Waals surface area (Å²) >= 11 is 6.06. The zero-order valence-electron chi connectivity index (χ0n) is 15.5. The molecule has 7 nitrogen and oxygen atoms in total. The number of nitrogens with zero attached hydrogens (tertiary/aromatic N) is 3. The summed E-state index contributed by atoms with van der Waals surface area (Å²) in [6.45, 7) is 2.40. The van der Waals surface area contributed by atoms with E-state index in [9.17, 15) is 4.79 Å². The van der Waals surface area contributed by atoms with Gasteiger partial charge in [-0.1, -0.05) is 35.0 Å². The number of anilines is 2. The largest absolute Gasteiger partial charge is 0.398 e. The van der Waals surface area contributed by atoms with Crippen LogP contribution in [0.4, 0.5) is 11.4 Å². The van der Waals surface area contributed by atoms with Crippen LogP contribution in [-0.4, -0.2) is 32.6 Å².